The molecule has 3 rings (SSSR count). The molecule has 2 aromatic heterocycles. The molecule has 0 atom stereocenters. The predicted molar refractivity (Wildman–Crippen MR) is 103 cm³/mol. The Hall–Kier alpha value is -2.47. The third kappa shape index (κ3) is 3.17. The van der Waals surface area contributed by atoms with Gasteiger partial charge in [0.2, 0.25) is 0 Å². The second-order valence-corrected chi connectivity index (χ2v) is 7.81. The number of fused-ring (bicyclic) bond motifs is 1. The lowest BCUT2D eigenvalue weighted by molar-refractivity contribution is 0.0382. The van der Waals surface area contributed by atoms with Crippen molar-refractivity contribution in [2.45, 2.75) is 46.6 Å². The van der Waals surface area contributed by atoms with Crippen LogP contribution in [0.3, 0.4) is 0 Å². The molecule has 0 fully saturated rings. The minimum Gasteiger partial charge on any atom is -0.459 e. The number of esters is 1. The van der Waals surface area contributed by atoms with E-state index in [0.717, 1.165) is 11.8 Å². The summed E-state index contributed by atoms with van der Waals surface area (Å²) < 4.78 is 7.02. The first-order valence-corrected chi connectivity index (χ1v) is 9.43. The average molecular weight is 370 g/mol. The predicted octanol–water partition coefficient (Wildman–Crippen LogP) is 4.87. The monoisotopic (exact) mass is 370 g/mol. The van der Waals surface area contributed by atoms with Gasteiger partial charge >= 0.3 is 5.97 Å². The van der Waals surface area contributed by atoms with Gasteiger partial charge in [-0.3, -0.25) is 9.20 Å². The fourth-order valence-electron chi connectivity index (χ4n) is 2.87. The van der Waals surface area contributed by atoms with Crippen molar-refractivity contribution < 1.29 is 14.3 Å². The molecule has 0 bridgehead atoms. The van der Waals surface area contributed by atoms with E-state index in [2.05, 4.69) is 31.0 Å². The number of carbonyl (C=O) groups is 2. The number of imidazole rings is 1. The number of aryl methyl sites for hydroxylation is 1. The summed E-state index contributed by atoms with van der Waals surface area (Å²) in [6, 6.07) is 8.08. The van der Waals surface area contributed by atoms with E-state index in [1.165, 1.54) is 16.9 Å². The number of hydrogen-bond acceptors (Lipinski definition) is 5. The molecule has 0 unspecified atom stereocenters. The van der Waals surface area contributed by atoms with E-state index in [0.29, 0.717) is 32.8 Å². The highest BCUT2D eigenvalue weighted by atomic mass is 32.1. The Kier molecular flexibility index (Phi) is 4.96. The van der Waals surface area contributed by atoms with Gasteiger partial charge in [0, 0.05) is 11.3 Å². The van der Waals surface area contributed by atoms with Gasteiger partial charge in [0.1, 0.15) is 16.3 Å². The van der Waals surface area contributed by atoms with Gasteiger partial charge in [-0.05, 0) is 32.3 Å². The Morgan fingerprint density at radius 2 is 1.85 bits per heavy atom. The lowest BCUT2D eigenvalue weighted by atomic mass is 10.0. The molecule has 5 nitrogen and oxygen atoms in total. The Bertz CT molecular complexity index is 965. The minimum absolute atomic E-state index is 0.197. The van der Waals surface area contributed by atoms with Gasteiger partial charge in [-0.15, -0.1) is 0 Å². The minimum atomic E-state index is -0.382. The third-order valence-corrected chi connectivity index (χ3v) is 5.35. The van der Waals surface area contributed by atoms with Crippen LogP contribution in [-0.2, 0) is 4.74 Å². The normalized spacial score (nSPS) is 11.5. The molecule has 0 saturated carbocycles. The molecule has 136 valence electrons. The molecule has 0 aliphatic rings. The molecular weight excluding hydrogens is 348 g/mol. The summed E-state index contributed by atoms with van der Waals surface area (Å²) in [5.41, 5.74) is 3.88. The highest BCUT2D eigenvalue weighted by Gasteiger charge is 2.23. The molecule has 0 amide bonds. The molecule has 0 aliphatic heterocycles. The number of benzene rings is 1. The van der Waals surface area contributed by atoms with E-state index < -0.39 is 0 Å². The number of carbonyl (C=O) groups excluding carboxylic acids is 2. The molecule has 1 aromatic carbocycles. The van der Waals surface area contributed by atoms with E-state index in [1.807, 2.05) is 26.0 Å². The zero-order valence-electron chi connectivity index (χ0n) is 15.6. The molecule has 3 aromatic rings. The number of ether oxygens (including phenoxy) is 1. The van der Waals surface area contributed by atoms with Crippen LogP contribution < -0.4 is 0 Å². The zero-order valence-corrected chi connectivity index (χ0v) is 16.4. The molecule has 0 radical (unpaired) electrons. The van der Waals surface area contributed by atoms with Crippen molar-refractivity contribution in [2.75, 3.05) is 0 Å². The standard InChI is InChI=1S/C20H22N2O3S/c1-11(2)14-6-8-15(9-7-14)17-16(10-23)22-13(5)18(26-20(22)21-17)19(24)25-12(3)4/h6-12H,1-5H3. The highest BCUT2D eigenvalue weighted by Crippen LogP contribution is 2.31. The number of nitrogens with zero attached hydrogens (tertiary/aromatic N) is 2. The lowest BCUT2D eigenvalue weighted by Gasteiger charge is -2.07. The van der Waals surface area contributed by atoms with Crippen LogP contribution in [0.5, 0.6) is 0 Å². The van der Waals surface area contributed by atoms with E-state index in [-0.39, 0.29) is 12.1 Å². The van der Waals surface area contributed by atoms with Crippen LogP contribution in [0.1, 0.15) is 65.0 Å². The molecule has 0 saturated heterocycles. The van der Waals surface area contributed by atoms with Gasteiger partial charge in [-0.1, -0.05) is 49.4 Å². The summed E-state index contributed by atoms with van der Waals surface area (Å²) in [5.74, 6) is 0.0598. The zero-order chi connectivity index (χ0) is 19.0. The molecule has 0 aliphatic carbocycles. The van der Waals surface area contributed by atoms with Crippen LogP contribution in [0.15, 0.2) is 24.3 Å². The van der Waals surface area contributed by atoms with Gasteiger partial charge in [-0.25, -0.2) is 9.78 Å². The molecule has 2 heterocycles. The van der Waals surface area contributed by atoms with Crippen molar-refractivity contribution in [3.63, 3.8) is 0 Å². The van der Waals surface area contributed by atoms with Crippen LogP contribution in [0.2, 0.25) is 0 Å². The highest BCUT2D eigenvalue weighted by molar-refractivity contribution is 7.19. The van der Waals surface area contributed by atoms with Gasteiger partial charge < -0.3 is 4.74 Å². The molecule has 0 spiro atoms. The number of thiazole rings is 1. The quantitative estimate of drug-likeness (QED) is 0.475. The Morgan fingerprint density at radius 1 is 1.19 bits per heavy atom. The maximum atomic E-state index is 12.3. The SMILES string of the molecule is Cc1c(C(=O)OC(C)C)sc2nc(-c3ccc(C(C)C)cc3)c(C=O)n12. The van der Waals surface area contributed by atoms with Crippen molar-refractivity contribution in [1.82, 2.24) is 9.38 Å². The third-order valence-electron chi connectivity index (χ3n) is 4.23. The molecule has 6 heteroatoms. The van der Waals surface area contributed by atoms with Crippen molar-refractivity contribution in [3.8, 4) is 11.3 Å². The van der Waals surface area contributed by atoms with Gasteiger partial charge in [0.15, 0.2) is 11.2 Å². The first-order chi connectivity index (χ1) is 12.3. The van der Waals surface area contributed by atoms with Gasteiger partial charge in [0.05, 0.1) is 6.10 Å². The second-order valence-electron chi connectivity index (χ2n) is 6.83. The van der Waals surface area contributed by atoms with E-state index in [1.54, 1.807) is 11.3 Å². The van der Waals surface area contributed by atoms with E-state index >= 15 is 0 Å². The topological polar surface area (TPSA) is 60.7 Å². The van der Waals surface area contributed by atoms with Crippen molar-refractivity contribution in [2.24, 2.45) is 0 Å². The maximum absolute atomic E-state index is 12.3. The van der Waals surface area contributed by atoms with Gasteiger partial charge in [0.25, 0.3) is 0 Å². The number of hydrogen-bond donors (Lipinski definition) is 0. The van der Waals surface area contributed by atoms with Crippen LogP contribution in [0.25, 0.3) is 16.2 Å². The summed E-state index contributed by atoms with van der Waals surface area (Å²) in [5, 5.41) is 0. The second kappa shape index (κ2) is 7.03. The summed E-state index contributed by atoms with van der Waals surface area (Å²) in [6.45, 7) is 9.70. The summed E-state index contributed by atoms with van der Waals surface area (Å²) >= 11 is 1.25. The molecular formula is C20H22N2O3S. The van der Waals surface area contributed by atoms with Crippen LogP contribution in [-0.4, -0.2) is 27.7 Å². The lowest BCUT2D eigenvalue weighted by Crippen LogP contribution is -2.11. The number of aldehydes is 1. The Balaban J connectivity index is 2.09. The fraction of sp³-hybridized carbons (Fsp3) is 0.350. The average Bonchev–Trinajstić information content (AvgIpc) is 3.11. The maximum Gasteiger partial charge on any atom is 0.350 e. The van der Waals surface area contributed by atoms with Crippen LogP contribution in [0.4, 0.5) is 0 Å². The van der Waals surface area contributed by atoms with E-state index in [4.69, 9.17) is 4.74 Å². The first-order valence-electron chi connectivity index (χ1n) is 8.61. The van der Waals surface area contributed by atoms with Gasteiger partial charge in [-0.2, -0.15) is 0 Å². The number of aromatic nitrogens is 2. The smallest absolute Gasteiger partial charge is 0.350 e. The summed E-state index contributed by atoms with van der Waals surface area (Å²) in [6.07, 6.45) is 0.597. The summed E-state index contributed by atoms with van der Waals surface area (Å²) in [4.78, 5) is 29.8. The van der Waals surface area contributed by atoms with Crippen LogP contribution in [0, 0.1) is 6.92 Å². The molecule has 26 heavy (non-hydrogen) atoms. The van der Waals surface area contributed by atoms with Crippen LogP contribution >= 0.6 is 11.3 Å². The summed E-state index contributed by atoms with van der Waals surface area (Å²) in [7, 11) is 0. The van der Waals surface area contributed by atoms with Crippen molar-refractivity contribution >= 4 is 28.6 Å². The largest absolute Gasteiger partial charge is 0.459 e. The fourth-order valence-corrected chi connectivity index (χ4v) is 3.89. The molecule has 0 N–H and O–H groups in total. The Labute approximate surface area is 156 Å². The van der Waals surface area contributed by atoms with Crippen molar-refractivity contribution in [3.05, 3.63) is 46.1 Å². The number of rotatable bonds is 5. The van der Waals surface area contributed by atoms with Crippen molar-refractivity contribution in [1.29, 1.82) is 0 Å². The first kappa shape index (κ1) is 18.3. The van der Waals surface area contributed by atoms with E-state index in [9.17, 15) is 9.59 Å². The Morgan fingerprint density at radius 3 is 2.38 bits per heavy atom.